The Labute approximate surface area is 164 Å². The normalized spacial score (nSPS) is 12.0. The summed E-state index contributed by atoms with van der Waals surface area (Å²) in [5.41, 5.74) is -0.631. The van der Waals surface area contributed by atoms with Crippen molar-refractivity contribution in [3.05, 3.63) is 53.4 Å². The van der Waals surface area contributed by atoms with Crippen LogP contribution in [-0.2, 0) is 22.3 Å². The number of aromatic nitrogens is 2. The average molecular weight is 412 g/mol. The Hall–Kier alpha value is -3.30. The van der Waals surface area contributed by atoms with Crippen LogP contribution in [0, 0.1) is 0 Å². The van der Waals surface area contributed by atoms with Gasteiger partial charge in [-0.05, 0) is 25.0 Å². The monoisotopic (exact) mass is 412 g/mol. The lowest BCUT2D eigenvalue weighted by Crippen LogP contribution is -2.14. The number of aliphatic carboxylic acids is 1. The minimum absolute atomic E-state index is 0.130. The Bertz CT molecular complexity index is 898. The molecular weight excluding hydrogens is 393 g/mol. The van der Waals surface area contributed by atoms with E-state index in [0.29, 0.717) is 17.2 Å². The molecule has 0 unspecified atom stereocenters. The number of rotatable bonds is 8. The Kier molecular flexibility index (Phi) is 7.03. The number of hydrogen-bond donors (Lipinski definition) is 1. The van der Waals surface area contributed by atoms with Crippen LogP contribution < -0.4 is 9.47 Å². The summed E-state index contributed by atoms with van der Waals surface area (Å²) in [5, 5.41) is 9.36. The van der Waals surface area contributed by atoms with Crippen LogP contribution in [-0.4, -0.2) is 34.3 Å². The lowest BCUT2D eigenvalue weighted by molar-refractivity contribution is -0.141. The van der Waals surface area contributed by atoms with Gasteiger partial charge >= 0.3 is 18.2 Å². The summed E-state index contributed by atoms with van der Waals surface area (Å²) in [4.78, 5) is 18.7. The second-order valence-corrected chi connectivity index (χ2v) is 6.06. The third-order valence-electron chi connectivity index (χ3n) is 3.46. The van der Waals surface area contributed by atoms with E-state index in [1.807, 2.05) is 0 Å². The summed E-state index contributed by atoms with van der Waals surface area (Å²) in [6.07, 6.45) is -4.10. The van der Waals surface area contributed by atoms with Crippen molar-refractivity contribution in [3.8, 4) is 11.9 Å². The second-order valence-electron chi connectivity index (χ2n) is 6.06. The Balaban J connectivity index is 2.35. The number of alkyl halides is 3. The van der Waals surface area contributed by atoms with Gasteiger partial charge in [0.2, 0.25) is 5.88 Å². The first-order chi connectivity index (χ1) is 13.6. The zero-order valence-electron chi connectivity index (χ0n) is 15.9. The molecule has 2 aromatic rings. The molecule has 0 aliphatic carbocycles. The van der Waals surface area contributed by atoms with Gasteiger partial charge in [-0.15, -0.1) is 0 Å². The fourth-order valence-electron chi connectivity index (χ4n) is 2.29. The molecule has 7 nitrogen and oxygen atoms in total. The van der Waals surface area contributed by atoms with E-state index < -0.39 is 30.0 Å². The molecule has 0 atom stereocenters. The predicted octanol–water partition coefficient (Wildman–Crippen LogP) is 3.93. The molecular formula is C19H19F3N2O5. The molecule has 156 valence electrons. The number of hydrogen-bond acceptors (Lipinski definition) is 6. The lowest BCUT2D eigenvalue weighted by atomic mass is 10.0. The number of carbonyl (C=O) groups is 1. The summed E-state index contributed by atoms with van der Waals surface area (Å²) >= 11 is 0. The molecule has 0 bridgehead atoms. The molecule has 1 heterocycles. The molecule has 0 radical (unpaired) electrons. The molecule has 0 aliphatic heterocycles. The molecule has 0 saturated carbocycles. The van der Waals surface area contributed by atoms with Gasteiger partial charge in [-0.25, -0.2) is 4.79 Å². The number of benzene rings is 1. The third kappa shape index (κ3) is 6.09. The first kappa shape index (κ1) is 22.0. The topological polar surface area (TPSA) is 90.8 Å². The van der Waals surface area contributed by atoms with Crippen LogP contribution in [0.3, 0.4) is 0 Å². The predicted molar refractivity (Wildman–Crippen MR) is 96.2 cm³/mol. The summed E-state index contributed by atoms with van der Waals surface area (Å²) in [6.45, 7) is 3.01. The van der Waals surface area contributed by atoms with E-state index in [1.54, 1.807) is 32.0 Å². The molecule has 0 saturated heterocycles. The van der Waals surface area contributed by atoms with Crippen molar-refractivity contribution >= 4 is 11.5 Å². The van der Waals surface area contributed by atoms with Gasteiger partial charge in [0.25, 0.3) is 0 Å². The van der Waals surface area contributed by atoms with Gasteiger partial charge in [-0.3, -0.25) is 0 Å². The van der Waals surface area contributed by atoms with Crippen LogP contribution in [0.25, 0.3) is 5.57 Å². The number of halogens is 3. The first-order valence-corrected chi connectivity index (χ1v) is 8.42. The van der Waals surface area contributed by atoms with E-state index in [4.69, 9.17) is 14.2 Å². The average Bonchev–Trinajstić information content (AvgIpc) is 2.63. The van der Waals surface area contributed by atoms with Crippen molar-refractivity contribution in [1.82, 2.24) is 9.97 Å². The van der Waals surface area contributed by atoms with Gasteiger partial charge in [-0.2, -0.15) is 23.1 Å². The van der Waals surface area contributed by atoms with Crippen molar-refractivity contribution in [2.45, 2.75) is 32.7 Å². The largest absolute Gasteiger partial charge is 0.503 e. The van der Waals surface area contributed by atoms with E-state index >= 15 is 0 Å². The molecule has 0 amide bonds. The number of nitrogens with zero attached hydrogens (tertiary/aromatic N) is 2. The van der Waals surface area contributed by atoms with E-state index in [1.165, 1.54) is 13.2 Å². The molecule has 29 heavy (non-hydrogen) atoms. The zero-order chi connectivity index (χ0) is 21.6. The Morgan fingerprint density at radius 3 is 2.52 bits per heavy atom. The molecule has 0 spiro atoms. The fourth-order valence-corrected chi connectivity index (χ4v) is 2.29. The maximum atomic E-state index is 13.1. The van der Waals surface area contributed by atoms with Gasteiger partial charge in [0.1, 0.15) is 12.2 Å². The van der Waals surface area contributed by atoms with Crippen molar-refractivity contribution in [2.24, 2.45) is 0 Å². The SMILES string of the molecule is COC=C(C(=O)O)c1ccccc1COc1cc(C(F)(F)F)nc(OC(C)C)n1. The van der Waals surface area contributed by atoms with Gasteiger partial charge in [0, 0.05) is 6.07 Å². The number of carboxylic acids is 1. The van der Waals surface area contributed by atoms with Crippen LogP contribution in [0.2, 0.25) is 0 Å². The van der Waals surface area contributed by atoms with Crippen LogP contribution in [0.4, 0.5) is 13.2 Å². The highest BCUT2D eigenvalue weighted by molar-refractivity contribution is 6.15. The molecule has 0 aliphatic rings. The van der Waals surface area contributed by atoms with E-state index in [0.717, 1.165) is 6.26 Å². The van der Waals surface area contributed by atoms with Gasteiger partial charge in [0.15, 0.2) is 5.69 Å². The highest BCUT2D eigenvalue weighted by Crippen LogP contribution is 2.31. The maximum absolute atomic E-state index is 13.1. The highest BCUT2D eigenvalue weighted by Gasteiger charge is 2.34. The van der Waals surface area contributed by atoms with Crippen molar-refractivity contribution in [3.63, 3.8) is 0 Å². The zero-order valence-corrected chi connectivity index (χ0v) is 15.9. The van der Waals surface area contributed by atoms with E-state index in [2.05, 4.69) is 9.97 Å². The maximum Gasteiger partial charge on any atom is 0.433 e. The van der Waals surface area contributed by atoms with Gasteiger partial charge < -0.3 is 19.3 Å². The second kappa shape index (κ2) is 9.26. The number of ether oxygens (including phenoxy) is 3. The minimum Gasteiger partial charge on any atom is -0.503 e. The summed E-state index contributed by atoms with van der Waals surface area (Å²) in [7, 11) is 1.30. The smallest absolute Gasteiger partial charge is 0.433 e. The van der Waals surface area contributed by atoms with Gasteiger partial charge in [-0.1, -0.05) is 24.3 Å². The van der Waals surface area contributed by atoms with Crippen molar-refractivity contribution in [1.29, 1.82) is 0 Å². The van der Waals surface area contributed by atoms with Gasteiger partial charge in [0.05, 0.1) is 19.5 Å². The fraction of sp³-hybridized carbons (Fsp3) is 0.316. The van der Waals surface area contributed by atoms with E-state index in [-0.39, 0.29) is 18.1 Å². The highest BCUT2D eigenvalue weighted by atomic mass is 19.4. The molecule has 2 rings (SSSR count). The Morgan fingerprint density at radius 2 is 1.93 bits per heavy atom. The lowest BCUT2D eigenvalue weighted by Gasteiger charge is -2.14. The molecule has 1 aromatic heterocycles. The minimum atomic E-state index is -4.72. The summed E-state index contributed by atoms with van der Waals surface area (Å²) in [5.74, 6) is -1.58. The van der Waals surface area contributed by atoms with E-state index in [9.17, 15) is 23.1 Å². The standard InChI is InChI=1S/C19H19F3N2O5/c1-11(2)29-18-23-15(19(20,21)22)8-16(24-18)28-9-12-6-4-5-7-13(12)14(10-27-3)17(25)26/h4-8,10-11H,9H2,1-3H3,(H,25,26). The molecule has 10 heteroatoms. The van der Waals surface area contributed by atoms with Crippen LogP contribution in [0.5, 0.6) is 11.9 Å². The first-order valence-electron chi connectivity index (χ1n) is 8.42. The third-order valence-corrected chi connectivity index (χ3v) is 3.46. The van der Waals surface area contributed by atoms with Crippen LogP contribution in [0.15, 0.2) is 36.6 Å². The summed E-state index contributed by atoms with van der Waals surface area (Å²) in [6, 6.07) is 6.56. The van der Waals surface area contributed by atoms with Crippen LogP contribution in [0.1, 0.15) is 30.7 Å². The molecule has 1 N–H and O–H groups in total. The van der Waals surface area contributed by atoms with Crippen molar-refractivity contribution < 1.29 is 37.3 Å². The summed E-state index contributed by atoms with van der Waals surface area (Å²) < 4.78 is 54.7. The molecule has 1 aromatic carbocycles. The van der Waals surface area contributed by atoms with Crippen molar-refractivity contribution in [2.75, 3.05) is 7.11 Å². The number of methoxy groups -OCH3 is 1. The molecule has 0 fully saturated rings. The van der Waals surface area contributed by atoms with Crippen LogP contribution >= 0.6 is 0 Å². The Morgan fingerprint density at radius 1 is 1.24 bits per heavy atom. The number of carboxylic acid groups (broad SMARTS) is 1. The quantitative estimate of drug-likeness (QED) is 0.519.